The van der Waals surface area contributed by atoms with Gasteiger partial charge in [-0.05, 0) is 24.3 Å². The highest BCUT2D eigenvalue weighted by Gasteiger charge is 2.17. The highest BCUT2D eigenvalue weighted by atomic mass is 35.5. The number of amides is 1. The van der Waals surface area contributed by atoms with Crippen LogP contribution in [0, 0.1) is 0 Å². The molecule has 0 radical (unpaired) electrons. The lowest BCUT2D eigenvalue weighted by Gasteiger charge is -2.05. The Kier molecular flexibility index (Phi) is 5.00. The van der Waals surface area contributed by atoms with Crippen LogP contribution in [0.25, 0.3) is 0 Å². The van der Waals surface area contributed by atoms with E-state index in [1.54, 1.807) is 24.3 Å². The summed E-state index contributed by atoms with van der Waals surface area (Å²) in [5, 5.41) is 9.64. The number of rotatable bonds is 4. The number of nitrogens with one attached hydrogen (secondary N) is 1. The van der Waals surface area contributed by atoms with Gasteiger partial charge < -0.3 is 15.2 Å². The summed E-state index contributed by atoms with van der Waals surface area (Å²) in [4.78, 5) is 22.0. The minimum absolute atomic E-state index is 0.439. The van der Waals surface area contributed by atoms with Gasteiger partial charge >= 0.3 is 5.97 Å². The molecule has 0 bridgehead atoms. The normalized spacial score (nSPS) is 11.5. The van der Waals surface area contributed by atoms with E-state index in [4.69, 9.17) is 33.0 Å². The van der Waals surface area contributed by atoms with Gasteiger partial charge in [-0.1, -0.05) is 23.2 Å². The lowest BCUT2D eigenvalue weighted by Crippen LogP contribution is -2.14. The standard InChI is InChI=1S/C11H9Cl2NO4/c1-18-7-4-2-6(3-5-7)14-10(15)8(12)9(13)11(16)17/h2-5H,1H3,(H,14,15)(H,16,17)/b9-8+. The second-order valence-corrected chi connectivity index (χ2v) is 3.87. The molecular weight excluding hydrogens is 281 g/mol. The number of hydrogen-bond acceptors (Lipinski definition) is 3. The van der Waals surface area contributed by atoms with Crippen LogP contribution in [0.4, 0.5) is 5.69 Å². The van der Waals surface area contributed by atoms with Crippen LogP contribution in [0.5, 0.6) is 5.75 Å². The fourth-order valence-electron chi connectivity index (χ4n) is 1.05. The van der Waals surface area contributed by atoms with E-state index in [0.717, 1.165) is 0 Å². The quantitative estimate of drug-likeness (QED) is 0.835. The average Bonchev–Trinajstić information content (AvgIpc) is 2.37. The van der Waals surface area contributed by atoms with Crippen molar-refractivity contribution in [3.05, 3.63) is 34.3 Å². The zero-order valence-corrected chi connectivity index (χ0v) is 10.7. The molecule has 18 heavy (non-hydrogen) atoms. The number of carboxylic acids is 1. The van der Waals surface area contributed by atoms with E-state index in [0.29, 0.717) is 11.4 Å². The number of benzene rings is 1. The van der Waals surface area contributed by atoms with Crippen molar-refractivity contribution in [2.24, 2.45) is 0 Å². The molecule has 0 atom stereocenters. The van der Waals surface area contributed by atoms with Gasteiger partial charge in [0.05, 0.1) is 7.11 Å². The van der Waals surface area contributed by atoms with Gasteiger partial charge in [-0.25, -0.2) is 4.79 Å². The van der Waals surface area contributed by atoms with Crippen LogP contribution in [-0.4, -0.2) is 24.1 Å². The molecule has 0 saturated heterocycles. The maximum Gasteiger partial charge on any atom is 0.349 e. The molecular formula is C11H9Cl2NO4. The summed E-state index contributed by atoms with van der Waals surface area (Å²) >= 11 is 10.9. The lowest BCUT2D eigenvalue weighted by molar-refractivity contribution is -0.132. The predicted molar refractivity (Wildman–Crippen MR) is 68.0 cm³/mol. The fraction of sp³-hybridized carbons (Fsp3) is 0.0909. The molecule has 7 heteroatoms. The minimum Gasteiger partial charge on any atom is -0.497 e. The molecule has 0 spiro atoms. The summed E-state index contributed by atoms with van der Waals surface area (Å²) in [6.45, 7) is 0. The second-order valence-electron chi connectivity index (χ2n) is 3.12. The summed E-state index contributed by atoms with van der Waals surface area (Å²) in [5.74, 6) is -1.64. The van der Waals surface area contributed by atoms with Crippen molar-refractivity contribution in [2.45, 2.75) is 0 Å². The Hall–Kier alpha value is -1.72. The van der Waals surface area contributed by atoms with Crippen LogP contribution in [0.15, 0.2) is 34.3 Å². The van der Waals surface area contributed by atoms with E-state index in [2.05, 4.69) is 5.32 Å². The summed E-state index contributed by atoms with van der Waals surface area (Å²) in [7, 11) is 1.51. The zero-order valence-electron chi connectivity index (χ0n) is 9.24. The monoisotopic (exact) mass is 289 g/mol. The van der Waals surface area contributed by atoms with Gasteiger partial charge in [0.1, 0.15) is 15.8 Å². The fourth-order valence-corrected chi connectivity index (χ4v) is 1.27. The zero-order chi connectivity index (χ0) is 13.7. The maximum absolute atomic E-state index is 11.5. The topological polar surface area (TPSA) is 75.6 Å². The minimum atomic E-state index is -1.47. The number of anilines is 1. The van der Waals surface area contributed by atoms with Crippen LogP contribution in [0.1, 0.15) is 0 Å². The first-order chi connectivity index (χ1) is 8.45. The number of hydrogen-bond donors (Lipinski definition) is 2. The van der Waals surface area contributed by atoms with Crippen molar-refractivity contribution in [3.63, 3.8) is 0 Å². The third-order valence-corrected chi connectivity index (χ3v) is 2.74. The number of ether oxygens (including phenoxy) is 1. The first kappa shape index (κ1) is 14.3. The van der Waals surface area contributed by atoms with E-state index < -0.39 is 21.9 Å². The van der Waals surface area contributed by atoms with Crippen molar-refractivity contribution in [3.8, 4) is 5.75 Å². The first-order valence-electron chi connectivity index (χ1n) is 4.69. The average molecular weight is 290 g/mol. The summed E-state index contributed by atoms with van der Waals surface area (Å²) < 4.78 is 4.94. The van der Waals surface area contributed by atoms with Gasteiger partial charge in [-0.3, -0.25) is 4.79 Å². The molecule has 0 aromatic heterocycles. The highest BCUT2D eigenvalue weighted by molar-refractivity contribution is 6.54. The number of carbonyl (C=O) groups excluding carboxylic acids is 1. The van der Waals surface area contributed by atoms with E-state index in [1.807, 2.05) is 0 Å². The van der Waals surface area contributed by atoms with Crippen LogP contribution in [0.3, 0.4) is 0 Å². The van der Waals surface area contributed by atoms with Gasteiger partial charge in [0.25, 0.3) is 5.91 Å². The van der Waals surface area contributed by atoms with Crippen molar-refractivity contribution >= 4 is 40.8 Å². The summed E-state index contributed by atoms with van der Waals surface area (Å²) in [6.07, 6.45) is 0. The Labute approximate surface area is 113 Å². The molecule has 96 valence electrons. The third-order valence-electron chi connectivity index (χ3n) is 1.93. The van der Waals surface area contributed by atoms with Crippen molar-refractivity contribution < 1.29 is 19.4 Å². The van der Waals surface area contributed by atoms with Crippen LogP contribution >= 0.6 is 23.2 Å². The van der Waals surface area contributed by atoms with E-state index in [1.165, 1.54) is 7.11 Å². The van der Waals surface area contributed by atoms with Gasteiger partial charge in [0.15, 0.2) is 0 Å². The van der Waals surface area contributed by atoms with Gasteiger partial charge in [0, 0.05) is 5.69 Å². The van der Waals surface area contributed by atoms with Crippen LogP contribution in [0.2, 0.25) is 0 Å². The molecule has 1 aromatic carbocycles. The van der Waals surface area contributed by atoms with Crippen molar-refractivity contribution in [1.29, 1.82) is 0 Å². The number of halogens is 2. The smallest absolute Gasteiger partial charge is 0.349 e. The molecule has 0 saturated carbocycles. The Bertz CT molecular complexity index is 496. The lowest BCUT2D eigenvalue weighted by atomic mass is 10.3. The van der Waals surface area contributed by atoms with Crippen molar-refractivity contribution in [2.75, 3.05) is 12.4 Å². The SMILES string of the molecule is COc1ccc(NC(=O)/C(Cl)=C(\Cl)C(=O)O)cc1. The summed E-state index contributed by atoms with van der Waals surface area (Å²) in [6, 6.07) is 6.42. The van der Waals surface area contributed by atoms with E-state index in [-0.39, 0.29) is 0 Å². The largest absolute Gasteiger partial charge is 0.497 e. The molecule has 2 N–H and O–H groups in total. The second kappa shape index (κ2) is 6.28. The third kappa shape index (κ3) is 3.65. The van der Waals surface area contributed by atoms with E-state index in [9.17, 15) is 9.59 Å². The molecule has 0 fully saturated rings. The van der Waals surface area contributed by atoms with Gasteiger partial charge in [-0.15, -0.1) is 0 Å². The molecule has 0 aliphatic rings. The Morgan fingerprint density at radius 2 is 1.72 bits per heavy atom. The number of aliphatic carboxylic acids is 1. The molecule has 0 aliphatic heterocycles. The molecule has 1 aromatic rings. The van der Waals surface area contributed by atoms with Gasteiger partial charge in [0.2, 0.25) is 0 Å². The summed E-state index contributed by atoms with van der Waals surface area (Å²) in [5.41, 5.74) is 0.439. The van der Waals surface area contributed by atoms with Crippen LogP contribution in [-0.2, 0) is 9.59 Å². The number of carboxylic acid groups (broad SMARTS) is 1. The Morgan fingerprint density at radius 3 is 2.17 bits per heavy atom. The number of methoxy groups -OCH3 is 1. The molecule has 1 rings (SSSR count). The number of carbonyl (C=O) groups is 2. The highest BCUT2D eigenvalue weighted by Crippen LogP contribution is 2.19. The van der Waals surface area contributed by atoms with Gasteiger partial charge in [-0.2, -0.15) is 0 Å². The molecule has 1 amide bonds. The molecule has 0 unspecified atom stereocenters. The Balaban J connectivity index is 2.81. The van der Waals surface area contributed by atoms with Crippen LogP contribution < -0.4 is 10.1 Å². The van der Waals surface area contributed by atoms with Crippen molar-refractivity contribution in [1.82, 2.24) is 0 Å². The molecule has 0 heterocycles. The molecule has 0 aliphatic carbocycles. The predicted octanol–water partition coefficient (Wildman–Crippen LogP) is 2.41. The van der Waals surface area contributed by atoms with E-state index >= 15 is 0 Å². The molecule has 5 nitrogen and oxygen atoms in total. The first-order valence-corrected chi connectivity index (χ1v) is 5.45. The Morgan fingerprint density at radius 1 is 1.17 bits per heavy atom. The maximum atomic E-state index is 11.5.